The van der Waals surface area contributed by atoms with Crippen LogP contribution in [0.4, 0.5) is 0 Å². The molecule has 0 aliphatic heterocycles. The van der Waals surface area contributed by atoms with Gasteiger partial charge in [0.25, 0.3) is 0 Å². The number of carbonyl (C=O) groups is 4. The summed E-state index contributed by atoms with van der Waals surface area (Å²) in [6.45, 7) is 0. The SMILES string of the molecule is O.O.O=C(O)C[C@@H](N=Cc1ccccc1[O-])C(=O)[O-].O=C(O)C[C@H](N=Cc1ccccc1[O-])C(=O)[O-].[Cu+2].[Cu+2].c1cc(-c2ccncc2)ccn1. The molecule has 18 heteroatoms. The number of pyridine rings is 2. The number of aliphatic carboxylic acids is 4. The predicted octanol–water partition coefficient (Wildman–Crippen LogP) is -1.97. The average molecular weight is 790 g/mol. The Labute approximate surface area is 306 Å². The second kappa shape index (κ2) is 26.5. The second-order valence-electron chi connectivity index (χ2n) is 8.97. The zero-order valence-corrected chi connectivity index (χ0v) is 27.4. The summed E-state index contributed by atoms with van der Waals surface area (Å²) in [7, 11) is 0. The van der Waals surface area contributed by atoms with Gasteiger partial charge in [0.05, 0.1) is 36.9 Å². The smallest absolute Gasteiger partial charge is 0.872 e. The summed E-state index contributed by atoms with van der Waals surface area (Å²) in [6, 6.07) is 16.7. The van der Waals surface area contributed by atoms with Crippen molar-refractivity contribution in [3.05, 3.63) is 109 Å². The summed E-state index contributed by atoms with van der Waals surface area (Å²) in [5, 5.41) is 60.6. The van der Waals surface area contributed by atoms with Gasteiger partial charge in [0.2, 0.25) is 0 Å². The first-order chi connectivity index (χ1) is 22.0. The molecule has 2 radical (unpaired) electrons. The van der Waals surface area contributed by atoms with Crippen LogP contribution in [0.25, 0.3) is 11.1 Å². The Balaban J connectivity index is -0.000000645. The number of carboxylic acids is 4. The molecule has 0 amide bonds. The molecule has 4 aromatic rings. The van der Waals surface area contributed by atoms with Crippen LogP contribution in [-0.4, -0.2) is 79.5 Å². The Hall–Kier alpha value is -5.48. The third-order valence-electron chi connectivity index (χ3n) is 5.60. The molecule has 2 atom stereocenters. The fourth-order valence-corrected chi connectivity index (χ4v) is 3.33. The molecule has 2 aromatic heterocycles. The molecule has 0 aliphatic carbocycles. The van der Waals surface area contributed by atoms with Crippen molar-refractivity contribution in [2.75, 3.05) is 0 Å². The zero-order chi connectivity index (χ0) is 33.9. The molecule has 0 fully saturated rings. The molecule has 2 heterocycles. The molecule has 4 rings (SSSR count). The van der Waals surface area contributed by atoms with Gasteiger partial charge in [0.1, 0.15) is 0 Å². The topological polar surface area (TPSA) is 314 Å². The fourth-order valence-electron chi connectivity index (χ4n) is 3.33. The van der Waals surface area contributed by atoms with Gasteiger partial charge in [-0.2, -0.15) is 0 Å². The molecule has 50 heavy (non-hydrogen) atoms. The predicted molar refractivity (Wildman–Crippen MR) is 164 cm³/mol. The van der Waals surface area contributed by atoms with E-state index in [1.54, 1.807) is 36.9 Å². The zero-order valence-electron chi connectivity index (χ0n) is 25.5. The Bertz CT molecular complexity index is 1540. The maximum atomic E-state index is 11.3. The first-order valence-corrected chi connectivity index (χ1v) is 13.2. The number of rotatable bonds is 11. The minimum absolute atomic E-state index is 0. The van der Waals surface area contributed by atoms with Gasteiger partial charge in [0.15, 0.2) is 0 Å². The Morgan fingerprint density at radius 3 is 1.16 bits per heavy atom. The molecule has 16 nitrogen and oxygen atoms in total. The molecule has 0 aliphatic rings. The van der Waals surface area contributed by atoms with Crippen LogP contribution < -0.4 is 20.4 Å². The van der Waals surface area contributed by atoms with E-state index in [1.807, 2.05) is 24.3 Å². The van der Waals surface area contributed by atoms with Crippen molar-refractivity contribution in [3.8, 4) is 22.6 Å². The number of nitrogens with zero attached hydrogens (tertiary/aromatic N) is 4. The van der Waals surface area contributed by atoms with E-state index in [0.717, 1.165) is 12.4 Å². The van der Waals surface area contributed by atoms with Gasteiger partial charge in [-0.1, -0.05) is 48.5 Å². The summed E-state index contributed by atoms with van der Waals surface area (Å²) in [6.07, 6.45) is 7.88. The van der Waals surface area contributed by atoms with Crippen molar-refractivity contribution in [2.24, 2.45) is 9.98 Å². The van der Waals surface area contributed by atoms with Gasteiger partial charge >= 0.3 is 46.1 Å². The van der Waals surface area contributed by atoms with Gasteiger partial charge in [-0.15, -0.1) is 11.5 Å². The van der Waals surface area contributed by atoms with Crippen molar-refractivity contribution >= 4 is 36.3 Å². The van der Waals surface area contributed by atoms with Crippen molar-refractivity contribution in [3.63, 3.8) is 0 Å². The van der Waals surface area contributed by atoms with Crippen LogP contribution in [0.15, 0.2) is 108 Å². The van der Waals surface area contributed by atoms with Crippen LogP contribution in [0.2, 0.25) is 0 Å². The quantitative estimate of drug-likeness (QED) is 0.124. The molecule has 2 aromatic carbocycles. The minimum atomic E-state index is -1.59. The van der Waals surface area contributed by atoms with E-state index in [1.165, 1.54) is 47.5 Å². The number of aromatic nitrogens is 2. The normalized spacial score (nSPS) is 10.8. The summed E-state index contributed by atoms with van der Waals surface area (Å²) < 4.78 is 0. The van der Waals surface area contributed by atoms with Gasteiger partial charge in [-0.05, 0) is 46.5 Å². The summed E-state index contributed by atoms with van der Waals surface area (Å²) >= 11 is 0. The van der Waals surface area contributed by atoms with Crippen LogP contribution in [0.3, 0.4) is 0 Å². The van der Waals surface area contributed by atoms with Crippen LogP contribution >= 0.6 is 0 Å². The second-order valence-corrected chi connectivity index (χ2v) is 8.97. The van der Waals surface area contributed by atoms with Crippen LogP contribution in [0.5, 0.6) is 11.5 Å². The van der Waals surface area contributed by atoms with Crippen molar-refractivity contribution < 1.29 is 94.9 Å². The van der Waals surface area contributed by atoms with Gasteiger partial charge < -0.3 is 51.2 Å². The molecular weight excluding hydrogens is 759 g/mol. The van der Waals surface area contributed by atoms with Crippen LogP contribution in [0.1, 0.15) is 24.0 Å². The van der Waals surface area contributed by atoms with Gasteiger partial charge in [-0.3, -0.25) is 29.5 Å². The third kappa shape index (κ3) is 18.8. The van der Waals surface area contributed by atoms with E-state index in [0.29, 0.717) is 0 Å². The van der Waals surface area contributed by atoms with E-state index in [2.05, 4.69) is 20.0 Å². The Morgan fingerprint density at radius 1 is 0.600 bits per heavy atom. The number of carbonyl (C=O) groups excluding carboxylic acids is 2. The van der Waals surface area contributed by atoms with Crippen molar-refractivity contribution in [1.82, 2.24) is 9.97 Å². The summed E-state index contributed by atoms with van der Waals surface area (Å²) in [5.74, 6) is -6.41. The average Bonchev–Trinajstić information content (AvgIpc) is 3.03. The summed E-state index contributed by atoms with van der Waals surface area (Å²) in [5.41, 5.74) is 2.74. The fraction of sp³-hybridized carbons (Fsp3) is 0.125. The van der Waals surface area contributed by atoms with Crippen LogP contribution in [0, 0.1) is 0 Å². The van der Waals surface area contributed by atoms with Crippen molar-refractivity contribution in [2.45, 2.75) is 24.9 Å². The van der Waals surface area contributed by atoms with Gasteiger partial charge in [0, 0.05) is 37.2 Å². The number of carboxylic acid groups (broad SMARTS) is 4. The number of benzene rings is 2. The molecule has 6 N–H and O–H groups in total. The molecule has 272 valence electrons. The molecule has 0 saturated carbocycles. The third-order valence-corrected chi connectivity index (χ3v) is 5.60. The van der Waals surface area contributed by atoms with Crippen LogP contribution in [-0.2, 0) is 53.3 Å². The Kier molecular flexibility index (Phi) is 25.9. The van der Waals surface area contributed by atoms with E-state index < -0.39 is 48.8 Å². The van der Waals surface area contributed by atoms with E-state index in [9.17, 15) is 39.6 Å². The van der Waals surface area contributed by atoms with Gasteiger partial charge in [-0.25, -0.2) is 0 Å². The van der Waals surface area contributed by atoms with Crippen molar-refractivity contribution in [1.29, 1.82) is 0 Å². The maximum absolute atomic E-state index is 11.3. The first kappa shape index (κ1) is 48.9. The maximum Gasteiger partial charge on any atom is 2.00 e. The summed E-state index contributed by atoms with van der Waals surface area (Å²) in [4.78, 5) is 56.8. The number of hydrogen-bond donors (Lipinski definition) is 2. The van der Waals surface area contributed by atoms with E-state index >= 15 is 0 Å². The number of aliphatic imine (C=N–C) groups is 2. The molecule has 0 bridgehead atoms. The molecule has 0 spiro atoms. The largest absolute Gasteiger partial charge is 2.00 e. The minimum Gasteiger partial charge on any atom is -0.872 e. The molecule has 0 saturated heterocycles. The molecular formula is C32H30Cu2N4O12. The number of para-hydroxylation sites is 2. The monoisotopic (exact) mass is 788 g/mol. The first-order valence-electron chi connectivity index (χ1n) is 13.2. The standard InChI is InChI=1S/2C11H11NO5.C10H8N2.2Cu.2H2O/c2*13-9-4-2-1-3-7(9)6-12-8(11(16)17)5-10(14)15;1-5-11-6-2-9(1)10-3-7-12-8-4-10;;;;/h2*1-4,6,8,13H,5H2,(H,14,15)(H,16,17);1-8H;;;2*1H2/q;;;2*+2;;/p-4/t2*8-;;;;;/m10...../s1. The number of hydrogen-bond acceptors (Lipinski definition) is 12. The Morgan fingerprint density at radius 2 is 0.900 bits per heavy atom. The van der Waals surface area contributed by atoms with E-state index in [-0.39, 0.29) is 67.7 Å². The van der Waals surface area contributed by atoms with E-state index in [4.69, 9.17) is 10.2 Å². The molecule has 0 unspecified atom stereocenters.